The Morgan fingerprint density at radius 1 is 1.50 bits per heavy atom. The summed E-state index contributed by atoms with van der Waals surface area (Å²) in [5.41, 5.74) is 0. The molecular formula is C11H21NO2. The molecule has 0 heterocycles. The number of carboxylic acids is 1. The largest absolute Gasteiger partial charge is 0.481 e. The molecule has 0 aromatic carbocycles. The van der Waals surface area contributed by atoms with Gasteiger partial charge in [0.1, 0.15) is 0 Å². The standard InChI is InChI=1S/C11H21NO2/c1-9(10-5-3-4-6-10)12(2)8-7-11(13)14/h9-10H,3-8H2,1-2H3,(H,13,14). The molecule has 3 nitrogen and oxygen atoms in total. The molecule has 0 spiro atoms. The van der Waals surface area contributed by atoms with Gasteiger partial charge in [-0.25, -0.2) is 0 Å². The molecule has 3 heteroatoms. The Kier molecular flexibility index (Phi) is 4.39. The Labute approximate surface area is 86.1 Å². The topological polar surface area (TPSA) is 40.5 Å². The maximum Gasteiger partial charge on any atom is 0.304 e. The summed E-state index contributed by atoms with van der Waals surface area (Å²) in [5, 5.41) is 8.58. The van der Waals surface area contributed by atoms with E-state index in [9.17, 15) is 4.79 Å². The van der Waals surface area contributed by atoms with Crippen LogP contribution in [0.4, 0.5) is 0 Å². The van der Waals surface area contributed by atoms with Crippen LogP contribution in [0.3, 0.4) is 0 Å². The molecule has 1 aliphatic rings. The van der Waals surface area contributed by atoms with Crippen LogP contribution in [0, 0.1) is 5.92 Å². The molecule has 14 heavy (non-hydrogen) atoms. The van der Waals surface area contributed by atoms with Gasteiger partial charge in [0.25, 0.3) is 0 Å². The van der Waals surface area contributed by atoms with Gasteiger partial charge < -0.3 is 10.0 Å². The van der Waals surface area contributed by atoms with Gasteiger partial charge in [-0.2, -0.15) is 0 Å². The predicted molar refractivity (Wildman–Crippen MR) is 56.3 cm³/mol. The molecule has 1 fully saturated rings. The number of carbonyl (C=O) groups is 1. The summed E-state index contributed by atoms with van der Waals surface area (Å²) in [7, 11) is 2.03. The molecule has 0 bridgehead atoms. The van der Waals surface area contributed by atoms with E-state index < -0.39 is 5.97 Å². The van der Waals surface area contributed by atoms with Crippen LogP contribution >= 0.6 is 0 Å². The molecule has 1 rings (SSSR count). The molecule has 1 N–H and O–H groups in total. The quantitative estimate of drug-likeness (QED) is 0.736. The van der Waals surface area contributed by atoms with Gasteiger partial charge in [-0.3, -0.25) is 4.79 Å². The minimum Gasteiger partial charge on any atom is -0.481 e. The summed E-state index contributed by atoms with van der Waals surface area (Å²) in [4.78, 5) is 12.6. The predicted octanol–water partition coefficient (Wildman–Crippen LogP) is 1.97. The Morgan fingerprint density at radius 3 is 2.57 bits per heavy atom. The lowest BCUT2D eigenvalue weighted by molar-refractivity contribution is -0.137. The van der Waals surface area contributed by atoms with Crippen molar-refractivity contribution in [3.8, 4) is 0 Å². The van der Waals surface area contributed by atoms with E-state index >= 15 is 0 Å². The van der Waals surface area contributed by atoms with E-state index in [1.807, 2.05) is 7.05 Å². The van der Waals surface area contributed by atoms with E-state index in [-0.39, 0.29) is 6.42 Å². The third kappa shape index (κ3) is 3.29. The van der Waals surface area contributed by atoms with Gasteiger partial charge in [-0.1, -0.05) is 12.8 Å². The van der Waals surface area contributed by atoms with Crippen LogP contribution in [0.2, 0.25) is 0 Å². The van der Waals surface area contributed by atoms with Crippen LogP contribution in [0.25, 0.3) is 0 Å². The van der Waals surface area contributed by atoms with Crippen molar-refractivity contribution in [3.63, 3.8) is 0 Å². The third-order valence-electron chi connectivity index (χ3n) is 3.46. The van der Waals surface area contributed by atoms with E-state index in [1.165, 1.54) is 25.7 Å². The van der Waals surface area contributed by atoms with E-state index in [0.717, 1.165) is 5.92 Å². The first-order chi connectivity index (χ1) is 6.61. The van der Waals surface area contributed by atoms with Crippen LogP contribution in [-0.2, 0) is 4.79 Å². The molecule has 0 saturated heterocycles. The highest BCUT2D eigenvalue weighted by atomic mass is 16.4. The molecular weight excluding hydrogens is 178 g/mol. The summed E-state index contributed by atoms with van der Waals surface area (Å²) in [6.07, 6.45) is 5.59. The molecule has 1 aliphatic carbocycles. The lowest BCUT2D eigenvalue weighted by atomic mass is 9.98. The Hall–Kier alpha value is -0.570. The zero-order valence-corrected chi connectivity index (χ0v) is 9.20. The van der Waals surface area contributed by atoms with Crippen molar-refractivity contribution in [2.45, 2.75) is 45.1 Å². The van der Waals surface area contributed by atoms with E-state index in [0.29, 0.717) is 12.6 Å². The summed E-state index contributed by atoms with van der Waals surface area (Å²) in [6.45, 7) is 2.89. The van der Waals surface area contributed by atoms with Crippen LogP contribution in [0.1, 0.15) is 39.0 Å². The Balaban J connectivity index is 2.27. The summed E-state index contributed by atoms with van der Waals surface area (Å²) >= 11 is 0. The average molecular weight is 199 g/mol. The minimum absolute atomic E-state index is 0.257. The highest BCUT2D eigenvalue weighted by Crippen LogP contribution is 2.29. The first-order valence-corrected chi connectivity index (χ1v) is 5.53. The monoisotopic (exact) mass is 199 g/mol. The maximum atomic E-state index is 10.4. The normalized spacial score (nSPS) is 20.2. The van der Waals surface area contributed by atoms with Crippen molar-refractivity contribution in [2.24, 2.45) is 5.92 Å². The summed E-state index contributed by atoms with van der Waals surface area (Å²) in [5.74, 6) is 0.0873. The third-order valence-corrected chi connectivity index (χ3v) is 3.46. The van der Waals surface area contributed by atoms with Crippen molar-refractivity contribution < 1.29 is 9.90 Å². The van der Waals surface area contributed by atoms with Gasteiger partial charge in [-0.15, -0.1) is 0 Å². The van der Waals surface area contributed by atoms with Crippen LogP contribution in [-0.4, -0.2) is 35.6 Å². The van der Waals surface area contributed by atoms with Crippen molar-refractivity contribution >= 4 is 5.97 Å². The molecule has 0 radical (unpaired) electrons. The van der Waals surface area contributed by atoms with Gasteiger partial charge in [0, 0.05) is 12.6 Å². The molecule has 1 saturated carbocycles. The van der Waals surface area contributed by atoms with E-state index in [2.05, 4.69) is 11.8 Å². The summed E-state index contributed by atoms with van der Waals surface area (Å²) < 4.78 is 0. The van der Waals surface area contributed by atoms with E-state index in [1.54, 1.807) is 0 Å². The Morgan fingerprint density at radius 2 is 2.07 bits per heavy atom. The fourth-order valence-electron chi connectivity index (χ4n) is 2.28. The van der Waals surface area contributed by atoms with Crippen molar-refractivity contribution in [1.82, 2.24) is 4.90 Å². The number of aliphatic carboxylic acids is 1. The molecule has 0 amide bonds. The fourth-order valence-corrected chi connectivity index (χ4v) is 2.28. The first-order valence-electron chi connectivity index (χ1n) is 5.53. The number of hydrogen-bond acceptors (Lipinski definition) is 2. The average Bonchev–Trinajstić information content (AvgIpc) is 2.65. The molecule has 1 atom stereocenters. The second kappa shape index (κ2) is 5.35. The number of carboxylic acid groups (broad SMARTS) is 1. The lowest BCUT2D eigenvalue weighted by Crippen LogP contribution is -2.35. The SMILES string of the molecule is CC(C1CCCC1)N(C)CCC(=O)O. The van der Waals surface area contributed by atoms with Crippen LogP contribution in [0.5, 0.6) is 0 Å². The summed E-state index contributed by atoms with van der Waals surface area (Å²) in [6, 6.07) is 0.539. The number of nitrogens with zero attached hydrogens (tertiary/aromatic N) is 1. The van der Waals surface area contributed by atoms with Gasteiger partial charge in [0.05, 0.1) is 6.42 Å². The minimum atomic E-state index is -0.699. The molecule has 0 aromatic heterocycles. The highest BCUT2D eigenvalue weighted by Gasteiger charge is 2.24. The van der Waals surface area contributed by atoms with Crippen molar-refractivity contribution in [3.05, 3.63) is 0 Å². The smallest absolute Gasteiger partial charge is 0.304 e. The second-order valence-corrected chi connectivity index (χ2v) is 4.41. The molecule has 0 aliphatic heterocycles. The number of rotatable bonds is 5. The van der Waals surface area contributed by atoms with Crippen molar-refractivity contribution in [2.75, 3.05) is 13.6 Å². The maximum absolute atomic E-state index is 10.4. The van der Waals surface area contributed by atoms with E-state index in [4.69, 9.17) is 5.11 Å². The second-order valence-electron chi connectivity index (χ2n) is 4.41. The molecule has 82 valence electrons. The molecule has 0 aromatic rings. The van der Waals surface area contributed by atoms with Gasteiger partial charge >= 0.3 is 5.97 Å². The lowest BCUT2D eigenvalue weighted by Gasteiger charge is -2.29. The fraction of sp³-hybridized carbons (Fsp3) is 0.909. The van der Waals surface area contributed by atoms with Crippen LogP contribution in [0.15, 0.2) is 0 Å². The van der Waals surface area contributed by atoms with Gasteiger partial charge in [0.15, 0.2) is 0 Å². The first kappa shape index (κ1) is 11.5. The van der Waals surface area contributed by atoms with Crippen molar-refractivity contribution in [1.29, 1.82) is 0 Å². The zero-order valence-electron chi connectivity index (χ0n) is 9.20. The van der Waals surface area contributed by atoms with Gasteiger partial charge in [0.2, 0.25) is 0 Å². The Bertz CT molecular complexity index is 188. The number of hydrogen-bond donors (Lipinski definition) is 1. The highest BCUT2D eigenvalue weighted by molar-refractivity contribution is 5.66. The zero-order chi connectivity index (χ0) is 10.6. The van der Waals surface area contributed by atoms with Gasteiger partial charge in [-0.05, 0) is 32.7 Å². The molecule has 1 unspecified atom stereocenters. The van der Waals surface area contributed by atoms with Crippen LogP contribution < -0.4 is 0 Å².